The second-order valence-corrected chi connectivity index (χ2v) is 7.85. The van der Waals surface area contributed by atoms with Crippen LogP contribution in [0.1, 0.15) is 18.1 Å². The van der Waals surface area contributed by atoms with Crippen molar-refractivity contribution in [3.05, 3.63) is 59.7 Å². The first kappa shape index (κ1) is 16.7. The molecule has 6 heteroatoms. The summed E-state index contributed by atoms with van der Waals surface area (Å²) < 4.78 is 27.0. The van der Waals surface area contributed by atoms with Crippen molar-refractivity contribution >= 4 is 21.6 Å². The smallest absolute Gasteiger partial charge is 0.242 e. The number of fused-ring (bicyclic) bond motifs is 1. The van der Waals surface area contributed by atoms with Gasteiger partial charge < -0.3 is 4.90 Å². The molecule has 0 saturated heterocycles. The van der Waals surface area contributed by atoms with E-state index < -0.39 is 10.0 Å². The summed E-state index contributed by atoms with van der Waals surface area (Å²) in [6.45, 7) is 3.60. The van der Waals surface area contributed by atoms with Crippen LogP contribution < -0.4 is 9.62 Å². The van der Waals surface area contributed by atoms with Gasteiger partial charge in [0.25, 0.3) is 0 Å². The van der Waals surface area contributed by atoms with Gasteiger partial charge in [0, 0.05) is 11.7 Å². The molecular formula is C18H20N2O3S. The topological polar surface area (TPSA) is 66.5 Å². The van der Waals surface area contributed by atoms with Crippen LogP contribution in [0.3, 0.4) is 0 Å². The number of carbonyl (C=O) groups is 1. The van der Waals surface area contributed by atoms with E-state index in [1.807, 2.05) is 38.1 Å². The lowest BCUT2D eigenvalue weighted by molar-refractivity contribution is -0.117. The lowest BCUT2D eigenvalue weighted by Gasteiger charge is -2.22. The molecule has 5 nitrogen and oxygen atoms in total. The molecule has 126 valence electrons. The van der Waals surface area contributed by atoms with Crippen LogP contribution in [-0.2, 0) is 21.2 Å². The number of para-hydroxylation sites is 1. The molecule has 2 aromatic carbocycles. The first-order valence-corrected chi connectivity index (χ1v) is 9.33. The summed E-state index contributed by atoms with van der Waals surface area (Å²) in [5.41, 5.74) is 2.96. The molecule has 0 aliphatic carbocycles. The maximum absolute atomic E-state index is 12.5. The molecule has 2 aromatic rings. The number of nitrogens with zero attached hydrogens (tertiary/aromatic N) is 1. The quantitative estimate of drug-likeness (QED) is 0.925. The third kappa shape index (κ3) is 3.20. The Bertz CT molecular complexity index is 860. The number of sulfonamides is 1. The Kier molecular flexibility index (Phi) is 4.43. The van der Waals surface area contributed by atoms with Crippen molar-refractivity contribution in [1.29, 1.82) is 0 Å². The first-order chi connectivity index (χ1) is 11.4. The molecule has 24 heavy (non-hydrogen) atoms. The molecule has 3 rings (SSSR count). The van der Waals surface area contributed by atoms with Crippen LogP contribution in [-0.4, -0.2) is 26.9 Å². The number of carbonyl (C=O) groups excluding carboxylic acids is 1. The summed E-state index contributed by atoms with van der Waals surface area (Å²) >= 11 is 0. The van der Waals surface area contributed by atoms with E-state index in [1.165, 1.54) is 12.1 Å². The van der Waals surface area contributed by atoms with Crippen molar-refractivity contribution in [2.24, 2.45) is 0 Å². The maximum Gasteiger partial charge on any atom is 0.242 e. The average molecular weight is 344 g/mol. The fourth-order valence-electron chi connectivity index (χ4n) is 2.99. The van der Waals surface area contributed by atoms with Gasteiger partial charge in [-0.1, -0.05) is 35.9 Å². The molecule has 0 aromatic heterocycles. The number of amides is 1. The van der Waals surface area contributed by atoms with Crippen LogP contribution in [0.5, 0.6) is 0 Å². The third-order valence-corrected chi connectivity index (χ3v) is 5.64. The van der Waals surface area contributed by atoms with Crippen LogP contribution in [0.15, 0.2) is 53.4 Å². The molecule has 0 bridgehead atoms. The lowest BCUT2D eigenvalue weighted by atomic mass is 10.1. The van der Waals surface area contributed by atoms with E-state index in [4.69, 9.17) is 0 Å². The third-order valence-electron chi connectivity index (χ3n) is 4.22. The van der Waals surface area contributed by atoms with Gasteiger partial charge in [0.15, 0.2) is 0 Å². The number of hydrogen-bond donors (Lipinski definition) is 1. The highest BCUT2D eigenvalue weighted by molar-refractivity contribution is 7.89. The van der Waals surface area contributed by atoms with E-state index in [9.17, 15) is 13.2 Å². The molecule has 1 unspecified atom stereocenters. The van der Waals surface area contributed by atoms with Gasteiger partial charge in [-0.05, 0) is 44.0 Å². The van der Waals surface area contributed by atoms with E-state index in [2.05, 4.69) is 4.72 Å². The fraction of sp³-hybridized carbons (Fsp3) is 0.278. The highest BCUT2D eigenvalue weighted by Crippen LogP contribution is 2.31. The summed E-state index contributed by atoms with van der Waals surface area (Å²) in [5, 5.41) is 0. The summed E-state index contributed by atoms with van der Waals surface area (Å²) in [6, 6.07) is 14.3. The van der Waals surface area contributed by atoms with Crippen molar-refractivity contribution in [2.75, 3.05) is 11.4 Å². The number of aryl methyl sites for hydroxylation is 1. The zero-order chi connectivity index (χ0) is 17.3. The molecule has 1 amide bonds. The Morgan fingerprint density at radius 2 is 1.83 bits per heavy atom. The maximum atomic E-state index is 12.5. The average Bonchev–Trinajstić information content (AvgIpc) is 2.89. The van der Waals surface area contributed by atoms with E-state index in [1.54, 1.807) is 17.0 Å². The number of hydrogen-bond acceptors (Lipinski definition) is 3. The molecule has 0 spiro atoms. The Hall–Kier alpha value is -2.18. The molecule has 0 radical (unpaired) electrons. The van der Waals surface area contributed by atoms with Gasteiger partial charge in [0.1, 0.15) is 0 Å². The van der Waals surface area contributed by atoms with Gasteiger partial charge in [-0.3, -0.25) is 4.79 Å². The molecule has 1 atom stereocenters. The lowest BCUT2D eigenvalue weighted by Crippen LogP contribution is -2.43. The highest BCUT2D eigenvalue weighted by Gasteiger charge is 2.31. The minimum Gasteiger partial charge on any atom is -0.308 e. The van der Waals surface area contributed by atoms with Crippen molar-refractivity contribution in [2.45, 2.75) is 31.2 Å². The number of benzene rings is 2. The van der Waals surface area contributed by atoms with Gasteiger partial charge in [-0.2, -0.15) is 0 Å². The molecular weight excluding hydrogens is 324 g/mol. The summed E-state index contributed by atoms with van der Waals surface area (Å²) in [6.07, 6.45) is 0.784. The van der Waals surface area contributed by atoms with Crippen molar-refractivity contribution in [3.63, 3.8) is 0 Å². The van der Waals surface area contributed by atoms with Gasteiger partial charge in [0.05, 0.1) is 11.4 Å². The minimum absolute atomic E-state index is 0.0266. The largest absolute Gasteiger partial charge is 0.308 e. The van der Waals surface area contributed by atoms with Crippen LogP contribution in [0.4, 0.5) is 5.69 Å². The van der Waals surface area contributed by atoms with Crippen LogP contribution in [0, 0.1) is 6.92 Å². The van der Waals surface area contributed by atoms with Crippen molar-refractivity contribution < 1.29 is 13.2 Å². The number of anilines is 1. The van der Waals surface area contributed by atoms with E-state index in [0.717, 1.165) is 23.2 Å². The van der Waals surface area contributed by atoms with E-state index in [-0.39, 0.29) is 23.4 Å². The molecule has 0 fully saturated rings. The summed E-state index contributed by atoms with van der Waals surface area (Å²) in [5.74, 6) is -0.247. The highest BCUT2D eigenvalue weighted by atomic mass is 32.2. The van der Waals surface area contributed by atoms with Gasteiger partial charge in [0.2, 0.25) is 15.9 Å². The van der Waals surface area contributed by atoms with Gasteiger partial charge in [-0.15, -0.1) is 0 Å². The molecule has 1 aliphatic heterocycles. The zero-order valence-electron chi connectivity index (χ0n) is 13.7. The van der Waals surface area contributed by atoms with E-state index >= 15 is 0 Å². The summed E-state index contributed by atoms with van der Waals surface area (Å²) in [7, 11) is -3.69. The molecule has 1 aliphatic rings. The summed E-state index contributed by atoms with van der Waals surface area (Å²) in [4.78, 5) is 14.4. The molecule has 1 heterocycles. The minimum atomic E-state index is -3.69. The zero-order valence-corrected chi connectivity index (χ0v) is 14.5. The van der Waals surface area contributed by atoms with Crippen LogP contribution >= 0.6 is 0 Å². The van der Waals surface area contributed by atoms with Crippen molar-refractivity contribution in [1.82, 2.24) is 4.72 Å². The van der Waals surface area contributed by atoms with Crippen LogP contribution in [0.25, 0.3) is 0 Å². The predicted octanol–water partition coefficient (Wildman–Crippen LogP) is 2.25. The SMILES string of the molecule is Cc1ccc(S(=O)(=O)NCC(=O)N2c3ccccc3CC2C)cc1. The van der Waals surface area contributed by atoms with Gasteiger partial charge >= 0.3 is 0 Å². The Labute approximate surface area is 142 Å². The second-order valence-electron chi connectivity index (χ2n) is 6.08. The molecule has 0 saturated carbocycles. The fourth-order valence-corrected chi connectivity index (χ4v) is 3.96. The number of nitrogens with one attached hydrogen (secondary N) is 1. The second kappa shape index (κ2) is 6.37. The Morgan fingerprint density at radius 3 is 2.54 bits per heavy atom. The standard InChI is InChI=1S/C18H20N2O3S/c1-13-7-9-16(10-8-13)24(22,23)19-12-18(21)20-14(2)11-15-5-3-4-6-17(15)20/h3-10,14,19H,11-12H2,1-2H3. The van der Waals surface area contributed by atoms with E-state index in [0.29, 0.717) is 0 Å². The number of rotatable bonds is 4. The monoisotopic (exact) mass is 344 g/mol. The molecule has 1 N–H and O–H groups in total. The van der Waals surface area contributed by atoms with Gasteiger partial charge in [-0.25, -0.2) is 13.1 Å². The Balaban J connectivity index is 1.73. The van der Waals surface area contributed by atoms with Crippen LogP contribution in [0.2, 0.25) is 0 Å². The predicted molar refractivity (Wildman–Crippen MR) is 93.5 cm³/mol. The normalized spacial score (nSPS) is 16.9. The first-order valence-electron chi connectivity index (χ1n) is 7.85. The Morgan fingerprint density at radius 1 is 1.17 bits per heavy atom. The van der Waals surface area contributed by atoms with Crippen molar-refractivity contribution in [3.8, 4) is 0 Å².